The number of rotatable bonds is 5. The van der Waals surface area contributed by atoms with Crippen LogP contribution in [0.2, 0.25) is 0 Å². The average Bonchev–Trinajstić information content (AvgIpc) is 3.36. The molecule has 8 heteroatoms. The molecule has 2 heterocycles. The van der Waals surface area contributed by atoms with E-state index in [0.29, 0.717) is 11.0 Å². The molecule has 4 aromatic rings. The van der Waals surface area contributed by atoms with E-state index in [2.05, 4.69) is 26.1 Å². The molecule has 2 aromatic heterocycles. The van der Waals surface area contributed by atoms with Gasteiger partial charge >= 0.3 is 0 Å². The molecule has 0 aliphatic heterocycles. The minimum Gasteiger partial charge on any atom is -0.510 e. The Labute approximate surface area is 165 Å². The van der Waals surface area contributed by atoms with E-state index in [9.17, 15) is 10.4 Å². The number of aliphatic hydroxyl groups excluding tert-OH is 1. The lowest BCUT2D eigenvalue weighted by Gasteiger charge is -2.09. The van der Waals surface area contributed by atoms with Crippen LogP contribution in [0.5, 0.6) is 0 Å². The molecule has 0 amide bonds. The van der Waals surface area contributed by atoms with E-state index >= 15 is 0 Å². The molecule has 7 nitrogen and oxygen atoms in total. The number of hydrogen-bond acceptors (Lipinski definition) is 6. The Bertz CT molecular complexity index is 1160. The summed E-state index contributed by atoms with van der Waals surface area (Å²) >= 11 is 1.27. The maximum absolute atomic E-state index is 10.7. The number of nitriles is 1. The summed E-state index contributed by atoms with van der Waals surface area (Å²) in [6.45, 7) is 1.79. The Balaban J connectivity index is 1.58. The number of para-hydroxylation sites is 3. The number of nitrogens with one attached hydrogen (secondary N) is 1. The second-order valence-electron chi connectivity index (χ2n) is 6.04. The molecule has 0 saturated carbocycles. The highest BCUT2D eigenvalue weighted by molar-refractivity contribution is 7.99. The molecule has 28 heavy (non-hydrogen) atoms. The molecule has 0 radical (unpaired) electrons. The summed E-state index contributed by atoms with van der Waals surface area (Å²) in [6.07, 6.45) is 1.62. The fraction of sp³-hybridized carbons (Fsp3) is 0.100. The Morgan fingerprint density at radius 3 is 2.68 bits per heavy atom. The molecular formula is C20H16N6OS. The summed E-state index contributed by atoms with van der Waals surface area (Å²) in [7, 11) is 0. The summed E-state index contributed by atoms with van der Waals surface area (Å²) in [5.41, 5.74) is 2.55. The topological polar surface area (TPSA) is 103 Å². The van der Waals surface area contributed by atoms with E-state index in [-0.39, 0.29) is 11.3 Å². The molecule has 0 fully saturated rings. The van der Waals surface area contributed by atoms with E-state index in [1.54, 1.807) is 17.9 Å². The number of hydrogen-bond donors (Lipinski definition) is 2. The molecule has 0 bridgehead atoms. The number of aliphatic hydroxyl groups is 1. The van der Waals surface area contributed by atoms with E-state index in [4.69, 9.17) is 0 Å². The highest BCUT2D eigenvalue weighted by Crippen LogP contribution is 2.28. The first-order valence-electron chi connectivity index (χ1n) is 8.58. The number of aromatic nitrogens is 5. The second kappa shape index (κ2) is 7.58. The number of nitrogens with zero attached hydrogens (tertiary/aromatic N) is 5. The molecule has 1 unspecified atom stereocenters. The van der Waals surface area contributed by atoms with Crippen LogP contribution in [0.15, 0.2) is 71.8 Å². The Kier molecular flexibility index (Phi) is 4.83. The SMILES string of the molecule is CC(Sc1ncn(-c2ccccc2)n1)/C(O)=C(\C#N)c1nc2ccccc2[nH]1. The normalized spacial score (nSPS) is 13.1. The van der Waals surface area contributed by atoms with Gasteiger partial charge in [0.1, 0.15) is 23.7 Å². The van der Waals surface area contributed by atoms with Crippen molar-refractivity contribution in [3.05, 3.63) is 72.5 Å². The largest absolute Gasteiger partial charge is 0.510 e. The lowest BCUT2D eigenvalue weighted by Crippen LogP contribution is -2.05. The van der Waals surface area contributed by atoms with Crippen molar-refractivity contribution < 1.29 is 5.11 Å². The van der Waals surface area contributed by atoms with Gasteiger partial charge in [0.2, 0.25) is 5.16 Å². The Hall–Kier alpha value is -3.57. The van der Waals surface area contributed by atoms with Crippen LogP contribution >= 0.6 is 11.8 Å². The molecule has 0 aliphatic rings. The standard InChI is InChI=1S/C20H16N6OS/c1-13(28-20-22-12-26(25-20)14-7-3-2-4-8-14)18(27)15(11-21)19-23-16-9-5-6-10-17(16)24-19/h2-10,12-13,27H,1H3,(H,23,24)/b18-15-. The van der Waals surface area contributed by atoms with Crippen LogP contribution in [0.1, 0.15) is 12.7 Å². The Morgan fingerprint density at radius 1 is 1.18 bits per heavy atom. The lowest BCUT2D eigenvalue weighted by atomic mass is 10.2. The van der Waals surface area contributed by atoms with Gasteiger partial charge < -0.3 is 10.1 Å². The van der Waals surface area contributed by atoms with Gasteiger partial charge in [-0.05, 0) is 31.2 Å². The molecule has 0 saturated heterocycles. The highest BCUT2D eigenvalue weighted by Gasteiger charge is 2.20. The van der Waals surface area contributed by atoms with Crippen LogP contribution in [-0.4, -0.2) is 35.1 Å². The summed E-state index contributed by atoms with van der Waals surface area (Å²) in [4.78, 5) is 11.8. The number of H-pyrrole nitrogens is 1. The van der Waals surface area contributed by atoms with Crippen molar-refractivity contribution in [2.75, 3.05) is 0 Å². The van der Waals surface area contributed by atoms with E-state index in [0.717, 1.165) is 16.7 Å². The van der Waals surface area contributed by atoms with Crippen LogP contribution in [0, 0.1) is 11.3 Å². The summed E-state index contributed by atoms with van der Waals surface area (Å²) in [5, 5.41) is 24.7. The van der Waals surface area contributed by atoms with Gasteiger partial charge in [0.25, 0.3) is 0 Å². The average molecular weight is 388 g/mol. The van der Waals surface area contributed by atoms with Gasteiger partial charge in [0.15, 0.2) is 5.82 Å². The first-order chi connectivity index (χ1) is 13.7. The van der Waals surface area contributed by atoms with Crippen LogP contribution in [0.3, 0.4) is 0 Å². The third-order valence-corrected chi connectivity index (χ3v) is 5.13. The summed E-state index contributed by atoms with van der Waals surface area (Å²) < 4.78 is 1.67. The number of fused-ring (bicyclic) bond motifs is 1. The van der Waals surface area contributed by atoms with E-state index in [1.165, 1.54) is 11.8 Å². The Morgan fingerprint density at radius 2 is 1.93 bits per heavy atom. The lowest BCUT2D eigenvalue weighted by molar-refractivity contribution is 0.401. The smallest absolute Gasteiger partial charge is 0.209 e. The predicted octanol–water partition coefficient (Wildman–Crippen LogP) is 4.12. The molecule has 0 spiro atoms. The number of imidazole rings is 1. The van der Waals surface area contributed by atoms with Crippen molar-refractivity contribution in [2.24, 2.45) is 0 Å². The number of aromatic amines is 1. The highest BCUT2D eigenvalue weighted by atomic mass is 32.2. The molecule has 138 valence electrons. The molecule has 2 N–H and O–H groups in total. The van der Waals surface area contributed by atoms with Crippen LogP contribution < -0.4 is 0 Å². The van der Waals surface area contributed by atoms with Crippen molar-refractivity contribution >= 4 is 28.4 Å². The van der Waals surface area contributed by atoms with E-state index in [1.807, 2.05) is 54.6 Å². The minimum atomic E-state index is -0.422. The first kappa shape index (κ1) is 17.8. The van der Waals surface area contributed by atoms with Crippen LogP contribution in [0.4, 0.5) is 0 Å². The van der Waals surface area contributed by atoms with Gasteiger partial charge in [-0.1, -0.05) is 42.1 Å². The number of allylic oxidation sites excluding steroid dienone is 1. The molecule has 2 aromatic carbocycles. The monoisotopic (exact) mass is 388 g/mol. The first-order valence-corrected chi connectivity index (χ1v) is 9.46. The van der Waals surface area contributed by atoms with Gasteiger partial charge in [-0.25, -0.2) is 14.6 Å². The third-order valence-electron chi connectivity index (χ3n) is 4.15. The van der Waals surface area contributed by atoms with Gasteiger partial charge in [-0.3, -0.25) is 0 Å². The number of thioether (sulfide) groups is 1. The quantitative estimate of drug-likeness (QED) is 0.303. The van der Waals surface area contributed by atoms with Crippen LogP contribution in [0.25, 0.3) is 22.3 Å². The maximum Gasteiger partial charge on any atom is 0.209 e. The van der Waals surface area contributed by atoms with E-state index < -0.39 is 5.25 Å². The van der Waals surface area contributed by atoms with Gasteiger partial charge in [-0.15, -0.1) is 5.10 Å². The molecular weight excluding hydrogens is 372 g/mol. The maximum atomic E-state index is 10.7. The summed E-state index contributed by atoms with van der Waals surface area (Å²) in [6, 6.07) is 19.2. The van der Waals surface area contributed by atoms with Gasteiger partial charge in [0.05, 0.1) is 22.0 Å². The third kappa shape index (κ3) is 3.48. The molecule has 0 aliphatic carbocycles. The van der Waals surface area contributed by atoms with Crippen molar-refractivity contribution in [3.8, 4) is 11.8 Å². The number of benzene rings is 2. The van der Waals surface area contributed by atoms with Gasteiger partial charge in [0, 0.05) is 0 Å². The van der Waals surface area contributed by atoms with Crippen molar-refractivity contribution in [1.82, 2.24) is 24.7 Å². The molecule has 4 rings (SSSR count). The summed E-state index contributed by atoms with van der Waals surface area (Å²) in [5.74, 6) is 0.277. The zero-order valence-corrected chi connectivity index (χ0v) is 15.8. The van der Waals surface area contributed by atoms with Crippen molar-refractivity contribution in [3.63, 3.8) is 0 Å². The van der Waals surface area contributed by atoms with Crippen LogP contribution in [-0.2, 0) is 0 Å². The second-order valence-corrected chi connectivity index (χ2v) is 7.35. The van der Waals surface area contributed by atoms with Crippen molar-refractivity contribution in [2.45, 2.75) is 17.3 Å². The zero-order valence-electron chi connectivity index (χ0n) is 14.9. The molecule has 1 atom stereocenters. The van der Waals surface area contributed by atoms with Gasteiger partial charge in [-0.2, -0.15) is 5.26 Å². The zero-order chi connectivity index (χ0) is 19.5. The fourth-order valence-corrected chi connectivity index (χ4v) is 3.52. The minimum absolute atomic E-state index is 0.0670. The van der Waals surface area contributed by atoms with Crippen molar-refractivity contribution in [1.29, 1.82) is 5.26 Å². The predicted molar refractivity (Wildman–Crippen MR) is 108 cm³/mol. The fourth-order valence-electron chi connectivity index (χ4n) is 2.73.